The highest BCUT2D eigenvalue weighted by molar-refractivity contribution is 7.21. The Morgan fingerprint density at radius 3 is 2.73 bits per heavy atom. The Morgan fingerprint density at radius 1 is 1.16 bits per heavy atom. The van der Waals surface area contributed by atoms with E-state index in [-0.39, 0.29) is 30.5 Å². The normalized spacial score (nSPS) is 15.3. The van der Waals surface area contributed by atoms with Crippen molar-refractivity contribution in [2.24, 2.45) is 0 Å². The lowest BCUT2D eigenvalue weighted by Gasteiger charge is -2.16. The van der Waals surface area contributed by atoms with Crippen molar-refractivity contribution in [1.82, 2.24) is 24.8 Å². The van der Waals surface area contributed by atoms with E-state index in [1.54, 1.807) is 19.2 Å². The number of pyridine rings is 1. The lowest BCUT2D eigenvalue weighted by Crippen LogP contribution is -2.30. The maximum Gasteiger partial charge on any atom is 0.412 e. The number of β-amino-alcohol motifs (C(OH)–C–C–N with tert-alkyl or cyclic N) is 1. The van der Waals surface area contributed by atoms with Gasteiger partial charge >= 0.3 is 6.09 Å². The smallest absolute Gasteiger partial charge is 0.412 e. The fourth-order valence-electron chi connectivity index (χ4n) is 4.92. The zero-order chi connectivity index (χ0) is 31.7. The number of benzene rings is 2. The number of aromatic nitrogens is 4. The molecule has 1 aliphatic heterocycles. The Morgan fingerprint density at radius 2 is 2.00 bits per heavy atom. The zero-order valence-electron chi connectivity index (χ0n) is 24.6. The molecule has 0 unspecified atom stereocenters. The first-order chi connectivity index (χ1) is 21.7. The van der Waals surface area contributed by atoms with Crippen molar-refractivity contribution in [3.05, 3.63) is 65.9 Å². The highest BCUT2D eigenvalue weighted by atomic mass is 32.1. The second-order valence-corrected chi connectivity index (χ2v) is 11.7. The summed E-state index contributed by atoms with van der Waals surface area (Å²) >= 11 is 1.37. The van der Waals surface area contributed by atoms with Crippen LogP contribution >= 0.6 is 11.3 Å². The summed E-state index contributed by atoms with van der Waals surface area (Å²) in [7, 11) is 1.53. The van der Waals surface area contributed by atoms with E-state index < -0.39 is 24.1 Å². The molecule has 2 amide bonds. The lowest BCUT2D eigenvalue weighted by molar-refractivity contribution is 0.0759. The molecule has 12 nitrogen and oxygen atoms in total. The van der Waals surface area contributed by atoms with Crippen LogP contribution in [0.5, 0.6) is 11.6 Å². The standard InChI is InChI=1S/C31H29FN6O6S/c1-16-8-20(28-24(9-16)36-27(42-3)13-34-28)29-37-23-10-21(32)25(11-26(23)45-29)43-15-17(2)44-31(41)35-18-4-5-22(33-12-18)30(40)38-7-6-19(39)14-38/h4-5,8-13,17,19,39H,6-7,14-15H2,1-3H3,(H,35,41)/t17-,19+/m1/s1. The average Bonchev–Trinajstić information content (AvgIpc) is 3.64. The number of likely N-dealkylation sites (tertiary alicyclic amines) is 1. The number of fused-ring (bicyclic) bond motifs is 2. The highest BCUT2D eigenvalue weighted by Gasteiger charge is 2.26. The predicted molar refractivity (Wildman–Crippen MR) is 165 cm³/mol. The van der Waals surface area contributed by atoms with Crippen molar-refractivity contribution in [3.8, 4) is 22.2 Å². The number of carbonyl (C=O) groups excluding carboxylic acids is 2. The largest absolute Gasteiger partial charge is 0.487 e. The molecule has 2 N–H and O–H groups in total. The number of nitrogens with zero attached hydrogens (tertiary/aromatic N) is 5. The Hall–Kier alpha value is -4.95. The number of nitrogens with one attached hydrogen (secondary N) is 1. The van der Waals surface area contributed by atoms with E-state index in [9.17, 15) is 19.1 Å². The Bertz CT molecular complexity index is 1900. The molecule has 1 aliphatic rings. The summed E-state index contributed by atoms with van der Waals surface area (Å²) in [5, 5.41) is 12.9. The van der Waals surface area contributed by atoms with E-state index in [2.05, 4.69) is 25.3 Å². The summed E-state index contributed by atoms with van der Waals surface area (Å²) in [6.45, 7) is 4.20. The molecule has 0 spiro atoms. The van der Waals surface area contributed by atoms with E-state index >= 15 is 0 Å². The molecule has 0 aliphatic carbocycles. The topological polar surface area (TPSA) is 149 Å². The number of aliphatic hydroxyl groups excluding tert-OH is 1. The number of hydrogen-bond acceptors (Lipinski definition) is 11. The minimum absolute atomic E-state index is 0.00200. The van der Waals surface area contributed by atoms with E-state index in [1.807, 2.05) is 19.1 Å². The van der Waals surface area contributed by atoms with Crippen molar-refractivity contribution in [1.29, 1.82) is 0 Å². The maximum absolute atomic E-state index is 15.0. The molecule has 232 valence electrons. The molecule has 0 saturated carbocycles. The Balaban J connectivity index is 1.08. The van der Waals surface area contributed by atoms with Crippen molar-refractivity contribution >= 4 is 50.3 Å². The number of carbonyl (C=O) groups is 2. The number of aryl methyl sites for hydroxylation is 1. The number of halogens is 1. The molecule has 3 aromatic heterocycles. The molecule has 0 radical (unpaired) electrons. The Kier molecular flexibility index (Phi) is 8.41. The van der Waals surface area contributed by atoms with Crippen molar-refractivity contribution in [3.63, 3.8) is 0 Å². The van der Waals surface area contributed by atoms with Crippen LogP contribution in [-0.2, 0) is 4.74 Å². The van der Waals surface area contributed by atoms with Crippen LogP contribution in [0, 0.1) is 12.7 Å². The monoisotopic (exact) mass is 632 g/mol. The number of methoxy groups -OCH3 is 1. The summed E-state index contributed by atoms with van der Waals surface area (Å²) < 4.78 is 31.9. The molecular weight excluding hydrogens is 603 g/mol. The molecule has 1 fully saturated rings. The summed E-state index contributed by atoms with van der Waals surface area (Å²) in [6, 6.07) is 9.78. The molecule has 0 bridgehead atoms. The SMILES string of the molecule is COc1cnc2c(-c3nc4cc(F)c(OC[C@@H](C)OC(=O)Nc5ccc(C(=O)N6CC[C@H](O)C6)nc5)cc4s3)cc(C)cc2n1. The fourth-order valence-corrected chi connectivity index (χ4v) is 5.91. The van der Waals surface area contributed by atoms with Gasteiger partial charge < -0.3 is 24.2 Å². The number of amides is 2. The number of aliphatic hydroxyl groups is 1. The van der Waals surface area contributed by atoms with Gasteiger partial charge in [0.05, 0.1) is 52.5 Å². The van der Waals surface area contributed by atoms with Gasteiger partial charge in [-0.25, -0.2) is 29.1 Å². The molecule has 5 aromatic rings. The third-order valence-corrected chi connectivity index (χ3v) is 8.16. The summed E-state index contributed by atoms with van der Waals surface area (Å²) in [6.07, 6.45) is 1.42. The molecule has 6 rings (SSSR count). The number of hydrogen-bond donors (Lipinski definition) is 2. The zero-order valence-corrected chi connectivity index (χ0v) is 25.4. The maximum atomic E-state index is 15.0. The van der Waals surface area contributed by atoms with Gasteiger partial charge in [0.1, 0.15) is 23.4 Å². The van der Waals surface area contributed by atoms with Crippen LogP contribution in [0.3, 0.4) is 0 Å². The van der Waals surface area contributed by atoms with Gasteiger partial charge in [0, 0.05) is 30.8 Å². The Labute approximate surface area is 260 Å². The molecule has 14 heteroatoms. The molecule has 4 heterocycles. The second-order valence-electron chi connectivity index (χ2n) is 10.6. The van der Waals surface area contributed by atoms with Crippen LogP contribution in [0.4, 0.5) is 14.9 Å². The number of rotatable bonds is 8. The average molecular weight is 633 g/mol. The van der Waals surface area contributed by atoms with Crippen LogP contribution in [-0.4, -0.2) is 81.0 Å². The third kappa shape index (κ3) is 6.61. The third-order valence-electron chi connectivity index (χ3n) is 7.11. The van der Waals surface area contributed by atoms with Crippen molar-refractivity contribution in [2.75, 3.05) is 32.1 Å². The van der Waals surface area contributed by atoms with Crippen molar-refractivity contribution in [2.45, 2.75) is 32.5 Å². The van der Waals surface area contributed by atoms with Gasteiger partial charge in [-0.15, -0.1) is 11.3 Å². The van der Waals surface area contributed by atoms with Gasteiger partial charge in [0.25, 0.3) is 5.91 Å². The minimum Gasteiger partial charge on any atom is -0.487 e. The first-order valence-corrected chi connectivity index (χ1v) is 14.9. The summed E-state index contributed by atoms with van der Waals surface area (Å²) in [4.78, 5) is 44.2. The predicted octanol–water partition coefficient (Wildman–Crippen LogP) is 4.98. The number of anilines is 1. The van der Waals surface area contributed by atoms with Crippen LogP contribution in [0.1, 0.15) is 29.4 Å². The molecule has 45 heavy (non-hydrogen) atoms. The van der Waals surface area contributed by atoms with Gasteiger partial charge in [-0.3, -0.25) is 10.1 Å². The highest BCUT2D eigenvalue weighted by Crippen LogP contribution is 2.37. The van der Waals surface area contributed by atoms with Gasteiger partial charge in [-0.1, -0.05) is 0 Å². The molecule has 2 aromatic carbocycles. The van der Waals surface area contributed by atoms with Gasteiger partial charge in [0.2, 0.25) is 5.88 Å². The quantitative estimate of drug-likeness (QED) is 0.240. The summed E-state index contributed by atoms with van der Waals surface area (Å²) in [5.41, 5.74) is 4.08. The summed E-state index contributed by atoms with van der Waals surface area (Å²) in [5.74, 6) is -0.478. The van der Waals surface area contributed by atoms with E-state index in [0.29, 0.717) is 50.8 Å². The minimum atomic E-state index is -0.760. The second kappa shape index (κ2) is 12.6. The molecule has 2 atom stereocenters. The lowest BCUT2D eigenvalue weighted by atomic mass is 10.1. The van der Waals surface area contributed by atoms with Crippen LogP contribution in [0.25, 0.3) is 31.8 Å². The molecular formula is C31H29FN6O6S. The van der Waals surface area contributed by atoms with Gasteiger partial charge in [-0.2, -0.15) is 0 Å². The van der Waals surface area contributed by atoms with Crippen LogP contribution in [0.2, 0.25) is 0 Å². The van der Waals surface area contributed by atoms with Crippen molar-refractivity contribution < 1.29 is 33.3 Å². The van der Waals surface area contributed by atoms with E-state index in [1.165, 1.54) is 47.7 Å². The number of thiazole rings is 1. The van der Waals surface area contributed by atoms with Gasteiger partial charge in [-0.05, 0) is 50.1 Å². The first kappa shape index (κ1) is 30.1. The fraction of sp³-hybridized carbons (Fsp3) is 0.290. The molecule has 1 saturated heterocycles. The van der Waals surface area contributed by atoms with Gasteiger partial charge in [0.15, 0.2) is 11.6 Å². The van der Waals surface area contributed by atoms with E-state index in [4.69, 9.17) is 14.2 Å². The van der Waals surface area contributed by atoms with Crippen LogP contribution in [0.15, 0.2) is 48.8 Å². The first-order valence-electron chi connectivity index (χ1n) is 14.1. The number of ether oxygens (including phenoxy) is 3. The van der Waals surface area contributed by atoms with E-state index in [0.717, 1.165) is 11.1 Å². The van der Waals surface area contributed by atoms with Crippen LogP contribution < -0.4 is 14.8 Å².